The molecule has 0 aliphatic carbocycles. The van der Waals surface area contributed by atoms with E-state index in [9.17, 15) is 14.4 Å². The van der Waals surface area contributed by atoms with Crippen molar-refractivity contribution in [3.05, 3.63) is 69.7 Å². The molecule has 0 spiro atoms. The van der Waals surface area contributed by atoms with Crippen LogP contribution < -0.4 is 10.9 Å². The van der Waals surface area contributed by atoms with Gasteiger partial charge in [0.1, 0.15) is 0 Å². The number of nitrogens with one attached hydrogen (secondary N) is 1. The van der Waals surface area contributed by atoms with Crippen molar-refractivity contribution in [2.45, 2.75) is 33.5 Å². The maximum absolute atomic E-state index is 12.6. The number of carbonyl (C=O) groups excluding carboxylic acids is 2. The molecule has 1 aliphatic heterocycles. The number of ketones is 1. The van der Waals surface area contributed by atoms with Gasteiger partial charge in [0.05, 0.1) is 24.3 Å². The largest absolute Gasteiger partial charge is 0.366 e. The van der Waals surface area contributed by atoms with Gasteiger partial charge in [0.15, 0.2) is 5.79 Å². The van der Waals surface area contributed by atoms with Crippen LogP contribution in [0.2, 0.25) is 0 Å². The van der Waals surface area contributed by atoms with E-state index in [1.54, 1.807) is 37.3 Å². The van der Waals surface area contributed by atoms with E-state index in [-0.39, 0.29) is 11.0 Å². The van der Waals surface area contributed by atoms with E-state index in [2.05, 4.69) is 24.3 Å². The summed E-state index contributed by atoms with van der Waals surface area (Å²) < 4.78 is 16.5. The van der Waals surface area contributed by atoms with Gasteiger partial charge in [-0.1, -0.05) is 43.3 Å². The zero-order valence-electron chi connectivity index (χ0n) is 18.4. The van der Waals surface area contributed by atoms with Crippen molar-refractivity contribution in [2.75, 3.05) is 18.5 Å². The van der Waals surface area contributed by atoms with Crippen LogP contribution in [0.1, 0.15) is 42.4 Å². The number of hydrogen-bond donors (Lipinski definition) is 1. The molecule has 166 valence electrons. The van der Waals surface area contributed by atoms with Crippen molar-refractivity contribution in [1.82, 2.24) is 5.16 Å². The van der Waals surface area contributed by atoms with Gasteiger partial charge in [0, 0.05) is 27.6 Å². The second-order valence-electron chi connectivity index (χ2n) is 8.86. The van der Waals surface area contributed by atoms with E-state index in [0.717, 1.165) is 5.56 Å². The highest BCUT2D eigenvalue weighted by Gasteiger charge is 2.38. The third kappa shape index (κ3) is 4.19. The standard InChI is InChI=1S/C24H24N2O6/c1-14-19-11-17(9-10-18(19)22(29)32-26-14)25-21(28)20(27)15-5-7-16(8-6-15)24(4)30-12-23(2,3)13-31-24/h5-11H,12-13H2,1-4H3,(H,25,28). The average molecular weight is 436 g/mol. The fraction of sp³-hybridized carbons (Fsp3) is 0.333. The molecule has 0 atom stereocenters. The van der Waals surface area contributed by atoms with Crippen LogP contribution in [0.3, 0.4) is 0 Å². The van der Waals surface area contributed by atoms with Crippen molar-refractivity contribution in [3.8, 4) is 0 Å². The van der Waals surface area contributed by atoms with Crippen LogP contribution >= 0.6 is 0 Å². The maximum atomic E-state index is 12.6. The van der Waals surface area contributed by atoms with Gasteiger partial charge >= 0.3 is 5.63 Å². The minimum atomic E-state index is -0.900. The number of amides is 1. The first-order valence-corrected chi connectivity index (χ1v) is 10.2. The summed E-state index contributed by atoms with van der Waals surface area (Å²) in [6.07, 6.45) is 0. The van der Waals surface area contributed by atoms with Crippen LogP contribution in [-0.4, -0.2) is 30.1 Å². The molecular weight excluding hydrogens is 412 g/mol. The number of nitrogens with zero attached hydrogens (tertiary/aromatic N) is 1. The van der Waals surface area contributed by atoms with Gasteiger partial charge < -0.3 is 19.3 Å². The number of benzene rings is 2. The summed E-state index contributed by atoms with van der Waals surface area (Å²) in [7, 11) is 0. The van der Waals surface area contributed by atoms with Crippen LogP contribution in [-0.2, 0) is 20.1 Å². The van der Waals surface area contributed by atoms with E-state index in [1.165, 1.54) is 12.1 Å². The Morgan fingerprint density at radius 1 is 0.969 bits per heavy atom. The van der Waals surface area contributed by atoms with Gasteiger partial charge in [-0.2, -0.15) is 0 Å². The van der Waals surface area contributed by atoms with Gasteiger partial charge in [0.25, 0.3) is 11.7 Å². The Morgan fingerprint density at radius 3 is 2.28 bits per heavy atom. The zero-order chi connectivity index (χ0) is 23.1. The van der Waals surface area contributed by atoms with Crippen LogP contribution in [0, 0.1) is 12.3 Å². The molecule has 0 radical (unpaired) electrons. The minimum Gasteiger partial charge on any atom is -0.345 e. The Morgan fingerprint density at radius 2 is 1.62 bits per heavy atom. The van der Waals surface area contributed by atoms with E-state index < -0.39 is 23.1 Å². The van der Waals surface area contributed by atoms with Crippen LogP contribution in [0.4, 0.5) is 5.69 Å². The number of aromatic nitrogens is 1. The number of carbonyl (C=O) groups is 2. The molecule has 1 amide bonds. The maximum Gasteiger partial charge on any atom is 0.366 e. The number of anilines is 1. The first kappa shape index (κ1) is 21.9. The number of Topliss-reactive ketones (excluding diaryl/α,β-unsaturated/α-hetero) is 1. The topological polar surface area (TPSA) is 108 Å². The lowest BCUT2D eigenvalue weighted by Gasteiger charge is -2.41. The number of fused-ring (bicyclic) bond motifs is 1. The van der Waals surface area contributed by atoms with Crippen molar-refractivity contribution < 1.29 is 23.6 Å². The molecule has 1 N–H and O–H groups in total. The fourth-order valence-corrected chi connectivity index (χ4v) is 3.47. The predicted octanol–water partition coefficient (Wildman–Crippen LogP) is 3.56. The summed E-state index contributed by atoms with van der Waals surface area (Å²) in [5.41, 5.74) is 1.26. The SMILES string of the molecule is Cc1noc(=O)c2ccc(NC(=O)C(=O)c3ccc(C4(C)OCC(C)(C)CO4)cc3)cc12. The highest BCUT2D eigenvalue weighted by atomic mass is 16.7. The normalized spacial score (nSPS) is 17.1. The summed E-state index contributed by atoms with van der Waals surface area (Å²) in [5, 5.41) is 7.15. The minimum absolute atomic E-state index is 0.0606. The monoisotopic (exact) mass is 436 g/mol. The Kier molecular flexibility index (Phi) is 5.44. The molecule has 2 heterocycles. The third-order valence-corrected chi connectivity index (χ3v) is 5.51. The third-order valence-electron chi connectivity index (χ3n) is 5.51. The molecule has 8 nitrogen and oxygen atoms in total. The molecule has 1 fully saturated rings. The molecule has 8 heteroatoms. The lowest BCUT2D eigenvalue weighted by molar-refractivity contribution is -0.298. The number of ether oxygens (including phenoxy) is 2. The molecule has 0 saturated carbocycles. The first-order valence-electron chi connectivity index (χ1n) is 10.2. The molecule has 4 rings (SSSR count). The lowest BCUT2D eigenvalue weighted by atomic mass is 9.93. The van der Waals surface area contributed by atoms with Crippen LogP contribution in [0.25, 0.3) is 10.8 Å². The molecule has 1 aromatic heterocycles. The lowest BCUT2D eigenvalue weighted by Crippen LogP contribution is -2.43. The molecule has 0 bridgehead atoms. The van der Waals surface area contributed by atoms with Gasteiger partial charge in [-0.05, 0) is 32.0 Å². The highest BCUT2D eigenvalue weighted by Crippen LogP contribution is 2.36. The molecule has 2 aromatic carbocycles. The smallest absolute Gasteiger partial charge is 0.345 e. The van der Waals surface area contributed by atoms with Crippen molar-refractivity contribution >= 4 is 28.2 Å². The second kappa shape index (κ2) is 7.96. The zero-order valence-corrected chi connectivity index (χ0v) is 18.4. The number of hydrogen-bond acceptors (Lipinski definition) is 7. The van der Waals surface area contributed by atoms with Crippen LogP contribution in [0.15, 0.2) is 51.8 Å². The first-order chi connectivity index (χ1) is 15.1. The van der Waals surface area contributed by atoms with Crippen LogP contribution in [0.5, 0.6) is 0 Å². The Labute approximate surface area is 184 Å². The van der Waals surface area contributed by atoms with E-state index in [1.807, 2.05) is 6.92 Å². The number of rotatable bonds is 4. The summed E-state index contributed by atoms with van der Waals surface area (Å²) in [4.78, 5) is 36.9. The number of aryl methyl sites for hydroxylation is 1. The quantitative estimate of drug-likeness (QED) is 0.492. The van der Waals surface area contributed by atoms with Crippen molar-refractivity contribution in [2.24, 2.45) is 5.41 Å². The molecular formula is C24H24N2O6. The Bertz CT molecular complexity index is 1250. The summed E-state index contributed by atoms with van der Waals surface area (Å²) in [6, 6.07) is 11.3. The van der Waals surface area contributed by atoms with E-state index in [4.69, 9.17) is 14.0 Å². The average Bonchev–Trinajstić information content (AvgIpc) is 2.78. The van der Waals surface area contributed by atoms with Gasteiger partial charge in [-0.25, -0.2) is 4.79 Å². The molecule has 3 aromatic rings. The van der Waals surface area contributed by atoms with Gasteiger partial charge in [-0.15, -0.1) is 0 Å². The van der Waals surface area contributed by atoms with E-state index >= 15 is 0 Å². The summed E-state index contributed by atoms with van der Waals surface area (Å²) >= 11 is 0. The van der Waals surface area contributed by atoms with Crippen molar-refractivity contribution in [1.29, 1.82) is 0 Å². The second-order valence-corrected chi connectivity index (χ2v) is 8.86. The molecule has 1 aliphatic rings. The Hall–Kier alpha value is -3.36. The van der Waals surface area contributed by atoms with Gasteiger partial charge in [0.2, 0.25) is 0 Å². The highest BCUT2D eigenvalue weighted by molar-refractivity contribution is 6.46. The summed E-state index contributed by atoms with van der Waals surface area (Å²) in [6.45, 7) is 8.75. The van der Waals surface area contributed by atoms with Crippen molar-refractivity contribution in [3.63, 3.8) is 0 Å². The fourth-order valence-electron chi connectivity index (χ4n) is 3.47. The summed E-state index contributed by atoms with van der Waals surface area (Å²) in [5.74, 6) is -2.37. The molecule has 0 unspecified atom stereocenters. The Balaban J connectivity index is 1.49. The predicted molar refractivity (Wildman–Crippen MR) is 117 cm³/mol. The van der Waals surface area contributed by atoms with E-state index in [0.29, 0.717) is 35.4 Å². The molecule has 32 heavy (non-hydrogen) atoms. The molecule has 1 saturated heterocycles. The van der Waals surface area contributed by atoms with Gasteiger partial charge in [-0.3, -0.25) is 9.59 Å².